The average molecular weight is 238 g/mol. The van der Waals surface area contributed by atoms with Crippen molar-refractivity contribution < 1.29 is 19.8 Å². The third kappa shape index (κ3) is 4.20. The van der Waals surface area contributed by atoms with Crippen molar-refractivity contribution in [3.05, 3.63) is 30.1 Å². The number of pyridine rings is 1. The second-order valence-corrected chi connectivity index (χ2v) is 3.65. The highest BCUT2D eigenvalue weighted by Crippen LogP contribution is 2.18. The molecule has 1 unspecified atom stereocenters. The molecule has 6 heteroatoms. The predicted molar refractivity (Wildman–Crippen MR) is 59.5 cm³/mol. The summed E-state index contributed by atoms with van der Waals surface area (Å²) in [5, 5.41) is 17.5. The molecule has 1 atom stereocenters. The molecule has 6 nitrogen and oxygen atoms in total. The minimum atomic E-state index is -1.05. The maximum atomic E-state index is 10.7. The van der Waals surface area contributed by atoms with E-state index >= 15 is 0 Å². The monoisotopic (exact) mass is 238 g/mol. The van der Waals surface area contributed by atoms with Gasteiger partial charge in [0.15, 0.2) is 0 Å². The van der Waals surface area contributed by atoms with Crippen LogP contribution >= 0.6 is 0 Å². The zero-order valence-corrected chi connectivity index (χ0v) is 9.41. The number of hydrogen-bond acceptors (Lipinski definition) is 4. The van der Waals surface area contributed by atoms with Crippen LogP contribution in [0, 0.1) is 0 Å². The molecule has 2 N–H and O–H groups in total. The second kappa shape index (κ2) is 5.95. The molecule has 0 spiro atoms. The van der Waals surface area contributed by atoms with Crippen molar-refractivity contribution in [1.29, 1.82) is 0 Å². The minimum Gasteiger partial charge on any atom is -0.480 e. The van der Waals surface area contributed by atoms with Gasteiger partial charge < -0.3 is 10.2 Å². The van der Waals surface area contributed by atoms with Crippen molar-refractivity contribution in [2.75, 3.05) is 13.1 Å². The van der Waals surface area contributed by atoms with Gasteiger partial charge in [0.1, 0.15) is 0 Å². The summed E-state index contributed by atoms with van der Waals surface area (Å²) in [6, 6.07) is 3.20. The first-order valence-electron chi connectivity index (χ1n) is 5.08. The summed E-state index contributed by atoms with van der Waals surface area (Å²) in [5.41, 5.74) is 0.787. The highest BCUT2D eigenvalue weighted by Gasteiger charge is 2.20. The van der Waals surface area contributed by atoms with Crippen LogP contribution in [-0.4, -0.2) is 45.1 Å². The maximum Gasteiger partial charge on any atom is 0.317 e. The highest BCUT2D eigenvalue weighted by molar-refractivity contribution is 5.72. The molecule has 17 heavy (non-hydrogen) atoms. The predicted octanol–water partition coefficient (Wildman–Crippen LogP) is 0.614. The zero-order valence-electron chi connectivity index (χ0n) is 9.41. The van der Waals surface area contributed by atoms with Crippen molar-refractivity contribution >= 4 is 11.9 Å². The van der Waals surface area contributed by atoms with E-state index in [9.17, 15) is 9.59 Å². The number of aromatic nitrogens is 1. The Morgan fingerprint density at radius 3 is 2.35 bits per heavy atom. The first-order valence-corrected chi connectivity index (χ1v) is 5.08. The van der Waals surface area contributed by atoms with Crippen LogP contribution in [-0.2, 0) is 9.59 Å². The topological polar surface area (TPSA) is 90.7 Å². The molecule has 0 fully saturated rings. The van der Waals surface area contributed by atoms with Crippen molar-refractivity contribution in [3.8, 4) is 0 Å². The number of carboxylic acid groups (broad SMARTS) is 2. The maximum absolute atomic E-state index is 10.7. The van der Waals surface area contributed by atoms with Gasteiger partial charge >= 0.3 is 11.9 Å². The van der Waals surface area contributed by atoms with Gasteiger partial charge in [-0.25, -0.2) is 0 Å². The molecule has 92 valence electrons. The Bertz CT molecular complexity index is 378. The van der Waals surface area contributed by atoms with Crippen LogP contribution < -0.4 is 0 Å². The normalized spacial score (nSPS) is 12.4. The van der Waals surface area contributed by atoms with Gasteiger partial charge in [0.25, 0.3) is 0 Å². The Kier molecular flexibility index (Phi) is 4.59. The first kappa shape index (κ1) is 13.1. The molecule has 0 aliphatic carbocycles. The van der Waals surface area contributed by atoms with Crippen LogP contribution in [0.2, 0.25) is 0 Å². The minimum absolute atomic E-state index is 0.309. The van der Waals surface area contributed by atoms with E-state index in [-0.39, 0.29) is 19.1 Å². The molecule has 1 aromatic rings. The molecule has 0 bridgehead atoms. The van der Waals surface area contributed by atoms with Gasteiger partial charge in [-0.3, -0.25) is 19.5 Å². The summed E-state index contributed by atoms with van der Waals surface area (Å²) in [6.07, 6.45) is 3.20. The van der Waals surface area contributed by atoms with Gasteiger partial charge in [-0.2, -0.15) is 0 Å². The summed E-state index contributed by atoms with van der Waals surface area (Å²) >= 11 is 0. The Morgan fingerprint density at radius 2 is 1.94 bits per heavy atom. The molecule has 0 aliphatic rings. The quantitative estimate of drug-likeness (QED) is 0.754. The summed E-state index contributed by atoms with van der Waals surface area (Å²) in [5.74, 6) is -2.11. The van der Waals surface area contributed by atoms with Gasteiger partial charge in [0.2, 0.25) is 0 Å². The van der Waals surface area contributed by atoms with E-state index in [0.29, 0.717) is 0 Å². The standard InChI is InChI=1S/C11H14N2O4/c1-8(9-3-2-4-12-5-9)13(6-10(14)15)7-11(16)17/h2-5,8H,6-7H2,1H3,(H,14,15)(H,16,17). The Labute approximate surface area is 98.5 Å². The summed E-state index contributed by atoms with van der Waals surface area (Å²) < 4.78 is 0. The van der Waals surface area contributed by atoms with Crippen LogP contribution in [0.25, 0.3) is 0 Å². The zero-order chi connectivity index (χ0) is 12.8. The van der Waals surface area contributed by atoms with E-state index in [1.807, 2.05) is 0 Å². The van der Waals surface area contributed by atoms with Crippen LogP contribution in [0.3, 0.4) is 0 Å². The molecule has 1 aromatic heterocycles. The number of carbonyl (C=O) groups is 2. The van der Waals surface area contributed by atoms with Crippen molar-refractivity contribution in [3.63, 3.8) is 0 Å². The van der Waals surface area contributed by atoms with Crippen molar-refractivity contribution in [2.24, 2.45) is 0 Å². The van der Waals surface area contributed by atoms with Crippen LogP contribution in [0.5, 0.6) is 0 Å². The van der Waals surface area contributed by atoms with E-state index in [0.717, 1.165) is 5.56 Å². The second-order valence-electron chi connectivity index (χ2n) is 3.65. The molecule has 1 rings (SSSR count). The SMILES string of the molecule is CC(c1cccnc1)N(CC(=O)O)CC(=O)O. The molecule has 1 heterocycles. The van der Waals surface area contributed by atoms with Crippen LogP contribution in [0.1, 0.15) is 18.5 Å². The van der Waals surface area contributed by atoms with Crippen molar-refractivity contribution in [2.45, 2.75) is 13.0 Å². The molecular weight excluding hydrogens is 224 g/mol. The number of aliphatic carboxylic acids is 2. The summed E-state index contributed by atoms with van der Waals surface area (Å²) in [7, 11) is 0. The summed E-state index contributed by atoms with van der Waals surface area (Å²) in [6.45, 7) is 1.12. The molecule has 0 radical (unpaired) electrons. The smallest absolute Gasteiger partial charge is 0.317 e. The lowest BCUT2D eigenvalue weighted by Crippen LogP contribution is -2.36. The van der Waals surface area contributed by atoms with Crippen LogP contribution in [0.15, 0.2) is 24.5 Å². The van der Waals surface area contributed by atoms with E-state index < -0.39 is 11.9 Å². The lowest BCUT2D eigenvalue weighted by molar-refractivity contribution is -0.142. The fraction of sp³-hybridized carbons (Fsp3) is 0.364. The molecule has 0 amide bonds. The lowest BCUT2D eigenvalue weighted by Gasteiger charge is -2.25. The Hall–Kier alpha value is -1.95. The number of rotatable bonds is 6. The average Bonchev–Trinajstić information content (AvgIpc) is 2.27. The molecule has 0 saturated heterocycles. The third-order valence-corrected chi connectivity index (χ3v) is 2.39. The summed E-state index contributed by atoms with van der Waals surface area (Å²) in [4.78, 5) is 26.6. The van der Waals surface area contributed by atoms with E-state index in [1.54, 1.807) is 31.5 Å². The Morgan fingerprint density at radius 1 is 1.35 bits per heavy atom. The first-order chi connectivity index (χ1) is 8.00. The van der Waals surface area contributed by atoms with Gasteiger partial charge in [-0.05, 0) is 18.6 Å². The van der Waals surface area contributed by atoms with E-state index in [4.69, 9.17) is 10.2 Å². The third-order valence-electron chi connectivity index (χ3n) is 2.39. The van der Waals surface area contributed by atoms with Gasteiger partial charge in [-0.15, -0.1) is 0 Å². The molecule has 0 aromatic carbocycles. The lowest BCUT2D eigenvalue weighted by atomic mass is 10.1. The van der Waals surface area contributed by atoms with Crippen LogP contribution in [0.4, 0.5) is 0 Å². The number of nitrogens with zero attached hydrogens (tertiary/aromatic N) is 2. The van der Waals surface area contributed by atoms with E-state index in [2.05, 4.69) is 4.98 Å². The number of carboxylic acids is 2. The molecule has 0 saturated carbocycles. The van der Waals surface area contributed by atoms with Gasteiger partial charge in [-0.1, -0.05) is 6.07 Å². The van der Waals surface area contributed by atoms with Gasteiger partial charge in [0.05, 0.1) is 13.1 Å². The fourth-order valence-electron chi connectivity index (χ4n) is 1.51. The highest BCUT2D eigenvalue weighted by atomic mass is 16.4. The number of hydrogen-bond donors (Lipinski definition) is 2. The largest absolute Gasteiger partial charge is 0.480 e. The van der Waals surface area contributed by atoms with E-state index in [1.165, 1.54) is 4.90 Å². The molecule has 0 aliphatic heterocycles. The Balaban J connectivity index is 2.82. The van der Waals surface area contributed by atoms with Crippen molar-refractivity contribution in [1.82, 2.24) is 9.88 Å². The molecular formula is C11H14N2O4. The van der Waals surface area contributed by atoms with Gasteiger partial charge in [0, 0.05) is 18.4 Å². The fourth-order valence-corrected chi connectivity index (χ4v) is 1.51.